The molecule has 1 aromatic heterocycles. The van der Waals surface area contributed by atoms with E-state index in [-0.39, 0.29) is 0 Å². The second-order valence-electron chi connectivity index (χ2n) is 6.26. The second kappa shape index (κ2) is 6.15. The van der Waals surface area contributed by atoms with Crippen molar-refractivity contribution in [3.8, 4) is 34.3 Å². The Morgan fingerprint density at radius 3 is 2.27 bits per heavy atom. The highest BCUT2D eigenvalue weighted by molar-refractivity contribution is 9.10. The molecule has 0 N–H and O–H groups in total. The molecule has 3 aromatic carbocycles. The zero-order valence-electron chi connectivity index (χ0n) is 13.9. The van der Waals surface area contributed by atoms with Crippen LogP contribution in [0.1, 0.15) is 5.56 Å². The van der Waals surface area contributed by atoms with Crippen LogP contribution in [-0.4, -0.2) is 9.55 Å². The summed E-state index contributed by atoms with van der Waals surface area (Å²) >= 11 is 3.56. The first-order valence-electron chi connectivity index (χ1n) is 8.47. The van der Waals surface area contributed by atoms with Crippen LogP contribution in [0.15, 0.2) is 83.3 Å². The lowest BCUT2D eigenvalue weighted by Gasteiger charge is -2.20. The van der Waals surface area contributed by atoms with Gasteiger partial charge in [0, 0.05) is 21.2 Å². The minimum Gasteiger partial charge on any atom is -0.425 e. The number of halogens is 1. The number of ether oxygens (including phenoxy) is 1. The summed E-state index contributed by atoms with van der Waals surface area (Å²) in [5.74, 6) is 0.866. The van der Waals surface area contributed by atoms with Crippen molar-refractivity contribution in [3.05, 3.63) is 88.9 Å². The number of hydrogen-bond acceptors (Lipinski definition) is 2. The topological polar surface area (TPSA) is 27.1 Å². The van der Waals surface area contributed by atoms with E-state index in [2.05, 4.69) is 63.0 Å². The maximum atomic E-state index is 6.13. The predicted octanol–water partition coefficient (Wildman–Crippen LogP) is 6.13. The smallest absolute Gasteiger partial charge is 0.303 e. The van der Waals surface area contributed by atoms with Gasteiger partial charge in [0.05, 0.1) is 12.2 Å². The van der Waals surface area contributed by atoms with Gasteiger partial charge in [-0.3, -0.25) is 4.57 Å². The van der Waals surface area contributed by atoms with E-state index in [9.17, 15) is 0 Å². The van der Waals surface area contributed by atoms with E-state index >= 15 is 0 Å². The molecular formula is C22H15BrN2O. The van der Waals surface area contributed by atoms with Crippen LogP contribution in [0.4, 0.5) is 0 Å². The van der Waals surface area contributed by atoms with Gasteiger partial charge in [-0.25, -0.2) is 0 Å². The van der Waals surface area contributed by atoms with Crippen LogP contribution >= 0.6 is 15.9 Å². The van der Waals surface area contributed by atoms with Crippen molar-refractivity contribution in [1.29, 1.82) is 0 Å². The minimum absolute atomic E-state index is 0.637. The zero-order valence-corrected chi connectivity index (χ0v) is 15.5. The van der Waals surface area contributed by atoms with Crippen molar-refractivity contribution < 1.29 is 4.74 Å². The molecule has 4 aromatic rings. The minimum atomic E-state index is 0.637. The molecule has 2 heterocycles. The van der Waals surface area contributed by atoms with E-state index in [1.165, 1.54) is 0 Å². The molecule has 0 unspecified atom stereocenters. The van der Waals surface area contributed by atoms with E-state index < -0.39 is 0 Å². The number of rotatable bonds is 2. The standard InChI is InChI=1S/C22H15BrN2O/c23-18-11-12-19-17(13-18)14-25-21(16-9-5-2-6-10-16)20(24-22(25)26-19)15-7-3-1-4-8-15/h1-13H,14H2. The molecule has 0 atom stereocenters. The average Bonchev–Trinajstić information content (AvgIpc) is 3.06. The van der Waals surface area contributed by atoms with Crippen molar-refractivity contribution in [3.63, 3.8) is 0 Å². The summed E-state index contributed by atoms with van der Waals surface area (Å²) in [4.78, 5) is 4.85. The van der Waals surface area contributed by atoms with Crippen LogP contribution in [-0.2, 0) is 6.54 Å². The Morgan fingerprint density at radius 1 is 0.846 bits per heavy atom. The van der Waals surface area contributed by atoms with E-state index in [1.54, 1.807) is 0 Å². The monoisotopic (exact) mass is 402 g/mol. The van der Waals surface area contributed by atoms with Crippen LogP contribution < -0.4 is 4.74 Å². The summed E-state index contributed by atoms with van der Waals surface area (Å²) in [5.41, 5.74) is 5.38. The SMILES string of the molecule is Brc1ccc2c(c1)Cn1c(nc(-c3ccccc3)c1-c1ccccc1)O2. The van der Waals surface area contributed by atoms with Gasteiger partial charge in [-0.2, -0.15) is 4.98 Å². The molecule has 0 amide bonds. The summed E-state index contributed by atoms with van der Waals surface area (Å²) in [6, 6.07) is 27.4. The van der Waals surface area contributed by atoms with E-state index in [0.717, 1.165) is 44.8 Å². The molecule has 4 heteroatoms. The lowest BCUT2D eigenvalue weighted by atomic mass is 10.0. The first kappa shape index (κ1) is 15.4. The molecule has 26 heavy (non-hydrogen) atoms. The molecular weight excluding hydrogens is 388 g/mol. The summed E-state index contributed by atoms with van der Waals surface area (Å²) in [7, 11) is 0. The van der Waals surface area contributed by atoms with Gasteiger partial charge in [0.1, 0.15) is 11.4 Å². The number of aromatic nitrogens is 2. The van der Waals surface area contributed by atoms with Gasteiger partial charge in [-0.15, -0.1) is 0 Å². The summed E-state index contributed by atoms with van der Waals surface area (Å²) in [6.07, 6.45) is 0. The van der Waals surface area contributed by atoms with Crippen LogP contribution in [0.25, 0.3) is 22.5 Å². The van der Waals surface area contributed by atoms with Crippen molar-refractivity contribution in [2.75, 3.05) is 0 Å². The van der Waals surface area contributed by atoms with Crippen LogP contribution in [0.3, 0.4) is 0 Å². The van der Waals surface area contributed by atoms with Crippen LogP contribution in [0.5, 0.6) is 11.8 Å². The van der Waals surface area contributed by atoms with E-state index in [0.29, 0.717) is 6.01 Å². The number of nitrogens with zero attached hydrogens (tertiary/aromatic N) is 2. The van der Waals surface area contributed by atoms with Gasteiger partial charge in [0.2, 0.25) is 0 Å². The highest BCUT2D eigenvalue weighted by Crippen LogP contribution is 2.41. The largest absolute Gasteiger partial charge is 0.425 e. The fraction of sp³-hybridized carbons (Fsp3) is 0.0455. The highest BCUT2D eigenvalue weighted by atomic mass is 79.9. The molecule has 0 spiro atoms. The Hall–Kier alpha value is -2.85. The molecule has 0 saturated carbocycles. The van der Waals surface area contributed by atoms with Crippen molar-refractivity contribution >= 4 is 15.9 Å². The fourth-order valence-electron chi connectivity index (χ4n) is 3.38. The molecule has 3 nitrogen and oxygen atoms in total. The third-order valence-corrected chi connectivity index (χ3v) is 5.07. The normalized spacial score (nSPS) is 12.2. The Kier molecular flexibility index (Phi) is 3.64. The van der Waals surface area contributed by atoms with Crippen LogP contribution in [0, 0.1) is 0 Å². The second-order valence-corrected chi connectivity index (χ2v) is 7.18. The maximum Gasteiger partial charge on any atom is 0.303 e. The maximum absolute atomic E-state index is 6.13. The average molecular weight is 403 g/mol. The quantitative estimate of drug-likeness (QED) is 0.354. The number of hydrogen-bond donors (Lipinski definition) is 0. The van der Waals surface area contributed by atoms with Gasteiger partial charge >= 0.3 is 6.01 Å². The van der Waals surface area contributed by atoms with Gasteiger partial charge in [-0.1, -0.05) is 76.6 Å². The lowest BCUT2D eigenvalue weighted by Crippen LogP contribution is -2.11. The van der Waals surface area contributed by atoms with E-state index in [4.69, 9.17) is 9.72 Å². The molecule has 5 rings (SSSR count). The number of imidazole rings is 1. The Balaban J connectivity index is 1.74. The molecule has 0 bridgehead atoms. The molecule has 126 valence electrons. The predicted molar refractivity (Wildman–Crippen MR) is 106 cm³/mol. The molecule has 1 aliphatic rings. The first-order valence-corrected chi connectivity index (χ1v) is 9.26. The van der Waals surface area contributed by atoms with Crippen molar-refractivity contribution in [2.45, 2.75) is 6.54 Å². The molecule has 0 fully saturated rings. The summed E-state index contributed by atoms with van der Waals surface area (Å²) in [5, 5.41) is 0. The van der Waals surface area contributed by atoms with Crippen LogP contribution in [0.2, 0.25) is 0 Å². The van der Waals surface area contributed by atoms with Crippen molar-refractivity contribution in [1.82, 2.24) is 9.55 Å². The molecule has 0 aliphatic carbocycles. The first-order chi connectivity index (χ1) is 12.8. The highest BCUT2D eigenvalue weighted by Gasteiger charge is 2.26. The van der Waals surface area contributed by atoms with Gasteiger partial charge < -0.3 is 4.74 Å². The number of benzene rings is 3. The summed E-state index contributed by atoms with van der Waals surface area (Å²) < 4.78 is 9.34. The van der Waals surface area contributed by atoms with Gasteiger partial charge in [0.25, 0.3) is 0 Å². The Morgan fingerprint density at radius 2 is 1.54 bits per heavy atom. The molecule has 1 aliphatic heterocycles. The van der Waals surface area contributed by atoms with E-state index in [1.807, 2.05) is 36.4 Å². The van der Waals surface area contributed by atoms with Crippen molar-refractivity contribution in [2.24, 2.45) is 0 Å². The van der Waals surface area contributed by atoms with Gasteiger partial charge in [-0.05, 0) is 18.2 Å². The Labute approximate surface area is 160 Å². The third-order valence-electron chi connectivity index (χ3n) is 4.58. The lowest BCUT2D eigenvalue weighted by molar-refractivity contribution is 0.390. The summed E-state index contributed by atoms with van der Waals surface area (Å²) in [6.45, 7) is 0.730. The molecule has 0 saturated heterocycles. The zero-order chi connectivity index (χ0) is 17.5. The molecule has 0 radical (unpaired) electrons. The Bertz CT molecular complexity index is 1090. The number of fused-ring (bicyclic) bond motifs is 2. The van der Waals surface area contributed by atoms with Gasteiger partial charge in [0.15, 0.2) is 0 Å². The fourth-order valence-corrected chi connectivity index (χ4v) is 3.79. The third kappa shape index (κ3) is 2.54.